The molecule has 1 aliphatic carbocycles. The molecule has 62 heavy (non-hydrogen) atoms. The van der Waals surface area contributed by atoms with Gasteiger partial charge < -0.3 is 0 Å². The minimum absolute atomic E-state index is 0.821. The Morgan fingerprint density at radius 2 is 0.935 bits per heavy atom. The van der Waals surface area contributed by atoms with Crippen molar-refractivity contribution in [3.63, 3.8) is 0 Å². The summed E-state index contributed by atoms with van der Waals surface area (Å²) in [5.41, 5.74) is 20.8. The van der Waals surface area contributed by atoms with Crippen molar-refractivity contribution in [1.82, 2.24) is 15.4 Å². The van der Waals surface area contributed by atoms with Crippen LogP contribution in [0.25, 0.3) is 84.2 Å². The lowest BCUT2D eigenvalue weighted by Gasteiger charge is -2.26. The number of fused-ring (bicyclic) bond motifs is 7. The first-order valence-corrected chi connectivity index (χ1v) is 22.8. The van der Waals surface area contributed by atoms with Crippen molar-refractivity contribution in [3.05, 3.63) is 179 Å². The fourth-order valence-corrected chi connectivity index (χ4v) is 10.0. The smallest absolute Gasteiger partial charge is 0.106 e. The lowest BCUT2D eigenvalue weighted by molar-refractivity contribution is 0.651. The van der Waals surface area contributed by atoms with Crippen LogP contribution in [0, 0.1) is 0 Å². The Kier molecular flexibility index (Phi) is 11.2. The summed E-state index contributed by atoms with van der Waals surface area (Å²) in [6, 6.07) is 54.4. The topological polar surface area (TPSA) is 51.0 Å². The molecule has 2 heterocycles. The molecule has 8 aromatic rings. The van der Waals surface area contributed by atoms with Crippen molar-refractivity contribution < 1.29 is 0 Å². The summed E-state index contributed by atoms with van der Waals surface area (Å²) in [7, 11) is 0. The average molecular weight is 805 g/mol. The van der Waals surface area contributed by atoms with Crippen molar-refractivity contribution in [3.8, 4) is 78.1 Å². The van der Waals surface area contributed by atoms with E-state index in [9.17, 15) is 0 Å². The molecule has 0 saturated heterocycles. The Hall–Kier alpha value is -6.78. The summed E-state index contributed by atoms with van der Waals surface area (Å²) < 4.78 is 0. The van der Waals surface area contributed by atoms with E-state index in [0.717, 1.165) is 81.5 Å². The predicted molar refractivity (Wildman–Crippen MR) is 258 cm³/mol. The van der Waals surface area contributed by atoms with Crippen LogP contribution in [-0.4, -0.2) is 15.4 Å². The largest absolute Gasteiger partial charge is 0.247 e. The number of aromatic nitrogens is 3. The number of unbranched alkanes of at least 4 members (excludes halogenated alkanes) is 6. The molecule has 0 atom stereocenters. The van der Waals surface area contributed by atoms with Crippen molar-refractivity contribution in [2.75, 3.05) is 0 Å². The van der Waals surface area contributed by atoms with Gasteiger partial charge in [0.15, 0.2) is 0 Å². The fraction of sp³-hybridized carbons (Fsp3) is 0.207. The van der Waals surface area contributed by atoms with Gasteiger partial charge in [-0.1, -0.05) is 198 Å². The van der Waals surface area contributed by atoms with Crippen molar-refractivity contribution in [2.24, 2.45) is 4.99 Å². The van der Waals surface area contributed by atoms with Crippen LogP contribution in [0.4, 0.5) is 5.69 Å². The second-order valence-corrected chi connectivity index (χ2v) is 16.8. The molecule has 1 aliphatic heterocycles. The first-order chi connectivity index (χ1) is 30.7. The zero-order valence-corrected chi connectivity index (χ0v) is 35.9. The summed E-state index contributed by atoms with van der Waals surface area (Å²) in [5.74, 6) is 0. The van der Waals surface area contributed by atoms with E-state index in [-0.39, 0.29) is 0 Å². The minimum atomic E-state index is 0.821. The molecule has 10 rings (SSSR count). The van der Waals surface area contributed by atoms with Gasteiger partial charge in [0.05, 0.1) is 11.0 Å². The van der Waals surface area contributed by atoms with E-state index in [1.807, 2.05) is 0 Å². The molecular formula is C58H52N4. The molecule has 4 nitrogen and oxygen atoms in total. The third kappa shape index (κ3) is 7.18. The molecule has 304 valence electrons. The lowest BCUT2D eigenvalue weighted by Crippen LogP contribution is -2.25. The summed E-state index contributed by atoms with van der Waals surface area (Å²) in [5, 5.41) is 17.1. The maximum absolute atomic E-state index is 5.36. The molecule has 2 aliphatic rings. The van der Waals surface area contributed by atoms with Gasteiger partial charge in [-0.25, -0.2) is 4.99 Å². The van der Waals surface area contributed by atoms with Crippen LogP contribution in [0.15, 0.2) is 157 Å². The molecule has 0 unspecified atom stereocenters. The molecule has 7 aromatic carbocycles. The number of benzene rings is 7. The van der Waals surface area contributed by atoms with Gasteiger partial charge >= 0.3 is 0 Å². The van der Waals surface area contributed by atoms with Crippen LogP contribution in [0.2, 0.25) is 0 Å². The molecule has 0 spiro atoms. The highest BCUT2D eigenvalue weighted by Crippen LogP contribution is 2.51. The maximum atomic E-state index is 5.36. The van der Waals surface area contributed by atoms with E-state index in [0.29, 0.717) is 0 Å². The van der Waals surface area contributed by atoms with Gasteiger partial charge in [-0.2, -0.15) is 0 Å². The Morgan fingerprint density at radius 3 is 1.61 bits per heavy atom. The zero-order valence-electron chi connectivity index (χ0n) is 35.9. The van der Waals surface area contributed by atoms with Crippen LogP contribution < -0.4 is 10.6 Å². The second-order valence-electron chi connectivity index (χ2n) is 16.8. The summed E-state index contributed by atoms with van der Waals surface area (Å²) in [4.78, 5) is 5.36. The highest BCUT2D eigenvalue weighted by molar-refractivity contribution is 6.06. The average Bonchev–Trinajstić information content (AvgIpc) is 3.92. The van der Waals surface area contributed by atoms with E-state index in [1.165, 1.54) is 93.8 Å². The molecule has 0 fully saturated rings. The molecule has 0 N–H and O–H groups in total. The highest BCUT2D eigenvalue weighted by Gasteiger charge is 2.33. The SMILES string of the molecule is CCCCCCc1c(CCCCCC)c(-c2ccccc2)c(-c2nnnc(-c3ccccc3)c2-c2ccccc2-c2ccccc2)c2c1-c1ccc3c(c1=C2)=Nc1ccccc1-3. The standard InChI is InChI=1S/C58H52N4/c1-3-5-7-18-32-45-46(33-19-8-6-4-2)53-47-36-37-48-43-31-22-23-35-51(43)59-57(48)49(47)38-50(53)54(52(45)40-26-14-10-15-27-40)58-55(56(60-62-61-58)41-28-16-11-17-29-41)44-34-21-20-30-42(44)39-24-12-9-13-25-39/h9-17,20-31,34-38H,3-8,18-19,32-33H2,1-2H3. The van der Waals surface area contributed by atoms with Gasteiger partial charge in [-0.3, -0.25) is 0 Å². The van der Waals surface area contributed by atoms with Crippen LogP contribution in [0.1, 0.15) is 81.9 Å². The number of para-hydroxylation sites is 1. The maximum Gasteiger partial charge on any atom is 0.106 e. The van der Waals surface area contributed by atoms with E-state index in [4.69, 9.17) is 20.4 Å². The monoisotopic (exact) mass is 804 g/mol. The van der Waals surface area contributed by atoms with E-state index in [1.54, 1.807) is 0 Å². The van der Waals surface area contributed by atoms with Crippen LogP contribution >= 0.6 is 0 Å². The lowest BCUT2D eigenvalue weighted by atomic mass is 9.77. The quantitative estimate of drug-likeness (QED) is 0.0970. The molecule has 0 radical (unpaired) electrons. The molecule has 0 saturated carbocycles. The second kappa shape index (κ2) is 17.7. The molecular weight excluding hydrogens is 753 g/mol. The number of rotatable bonds is 15. The van der Waals surface area contributed by atoms with E-state index >= 15 is 0 Å². The molecule has 1 aromatic heterocycles. The van der Waals surface area contributed by atoms with Gasteiger partial charge in [0, 0.05) is 33.0 Å². The van der Waals surface area contributed by atoms with Crippen LogP contribution in [-0.2, 0) is 12.8 Å². The number of nitrogens with zero attached hydrogens (tertiary/aromatic N) is 4. The third-order valence-electron chi connectivity index (χ3n) is 12.9. The molecule has 0 amide bonds. The Labute approximate surface area is 365 Å². The Balaban J connectivity index is 1.36. The van der Waals surface area contributed by atoms with Crippen LogP contribution in [0.5, 0.6) is 0 Å². The van der Waals surface area contributed by atoms with E-state index < -0.39 is 0 Å². The first-order valence-electron chi connectivity index (χ1n) is 22.8. The van der Waals surface area contributed by atoms with Gasteiger partial charge in [0.25, 0.3) is 0 Å². The summed E-state index contributed by atoms with van der Waals surface area (Å²) in [6.45, 7) is 4.61. The fourth-order valence-electron chi connectivity index (χ4n) is 10.0. The molecule has 4 heteroatoms. The van der Waals surface area contributed by atoms with Crippen molar-refractivity contribution in [1.29, 1.82) is 0 Å². The van der Waals surface area contributed by atoms with Gasteiger partial charge in [0.2, 0.25) is 0 Å². The number of hydrogen-bond donors (Lipinski definition) is 0. The van der Waals surface area contributed by atoms with Crippen molar-refractivity contribution in [2.45, 2.75) is 78.1 Å². The normalized spacial score (nSPS) is 12.0. The Bertz CT molecular complexity index is 3030. The zero-order chi connectivity index (χ0) is 41.8. The van der Waals surface area contributed by atoms with Crippen molar-refractivity contribution >= 4 is 11.8 Å². The number of hydrogen-bond acceptors (Lipinski definition) is 4. The van der Waals surface area contributed by atoms with Gasteiger partial charge in [-0.15, -0.1) is 10.2 Å². The first kappa shape index (κ1) is 39.4. The summed E-state index contributed by atoms with van der Waals surface area (Å²) in [6.07, 6.45) is 14.0. The highest BCUT2D eigenvalue weighted by atomic mass is 15.3. The van der Waals surface area contributed by atoms with Gasteiger partial charge in [-0.05, 0) is 98.7 Å². The van der Waals surface area contributed by atoms with Gasteiger partial charge in [0.1, 0.15) is 11.4 Å². The van der Waals surface area contributed by atoms with Crippen LogP contribution in [0.3, 0.4) is 0 Å². The summed E-state index contributed by atoms with van der Waals surface area (Å²) >= 11 is 0. The minimum Gasteiger partial charge on any atom is -0.247 e. The molecule has 0 bridgehead atoms. The Morgan fingerprint density at radius 1 is 0.387 bits per heavy atom. The van der Waals surface area contributed by atoms with E-state index in [2.05, 4.69) is 172 Å². The third-order valence-corrected chi connectivity index (χ3v) is 12.9. The predicted octanol–water partition coefficient (Wildman–Crippen LogP) is 14.2.